The summed E-state index contributed by atoms with van der Waals surface area (Å²) in [6.07, 6.45) is 3.50. The van der Waals surface area contributed by atoms with Gasteiger partial charge in [0.15, 0.2) is 0 Å². The Morgan fingerprint density at radius 1 is 1.23 bits per heavy atom. The normalized spacial score (nSPS) is 19.8. The Morgan fingerprint density at radius 2 is 1.88 bits per heavy atom. The van der Waals surface area contributed by atoms with E-state index in [9.17, 15) is 4.79 Å². The lowest BCUT2D eigenvalue weighted by molar-refractivity contribution is -0.159. The molecule has 0 aromatic heterocycles. The molecule has 7 heteroatoms. The lowest BCUT2D eigenvalue weighted by Gasteiger charge is -2.41. The van der Waals surface area contributed by atoms with Crippen molar-refractivity contribution in [1.82, 2.24) is 10.2 Å². The van der Waals surface area contributed by atoms with Gasteiger partial charge in [-0.15, -0.1) is 24.8 Å². The van der Waals surface area contributed by atoms with Crippen LogP contribution in [0.25, 0.3) is 0 Å². The lowest BCUT2D eigenvalue weighted by atomic mass is 9.89. The highest BCUT2D eigenvalue weighted by atomic mass is 35.5. The summed E-state index contributed by atoms with van der Waals surface area (Å²) in [5, 5.41) is 6.91. The molecule has 0 unspecified atom stereocenters. The van der Waals surface area contributed by atoms with Gasteiger partial charge in [-0.2, -0.15) is 0 Å². The number of ether oxygens (including phenoxy) is 1. The predicted molar refractivity (Wildman–Crippen MR) is 111 cm³/mol. The summed E-state index contributed by atoms with van der Waals surface area (Å²) in [7, 11) is 1.68. The zero-order valence-electron chi connectivity index (χ0n) is 15.6. The minimum Gasteiger partial charge on any atom is -0.382 e. The van der Waals surface area contributed by atoms with Crippen LogP contribution in [0.15, 0.2) is 24.3 Å². The summed E-state index contributed by atoms with van der Waals surface area (Å²) in [6.45, 7) is 5.42. The van der Waals surface area contributed by atoms with Gasteiger partial charge in [-0.3, -0.25) is 4.79 Å². The van der Waals surface area contributed by atoms with E-state index in [1.807, 2.05) is 4.90 Å². The van der Waals surface area contributed by atoms with Crippen LogP contribution >= 0.6 is 24.8 Å². The van der Waals surface area contributed by atoms with Crippen LogP contribution in [0, 0.1) is 6.92 Å². The van der Waals surface area contributed by atoms with Gasteiger partial charge in [0.1, 0.15) is 5.60 Å². The summed E-state index contributed by atoms with van der Waals surface area (Å²) in [6, 6.07) is 8.90. The number of methoxy groups -OCH3 is 1. The van der Waals surface area contributed by atoms with Crippen LogP contribution in [0.2, 0.25) is 0 Å². The third-order valence-electron chi connectivity index (χ3n) is 5.36. The molecule has 26 heavy (non-hydrogen) atoms. The molecule has 3 rings (SSSR count). The minimum atomic E-state index is -0.609. The highest BCUT2D eigenvalue weighted by molar-refractivity contribution is 5.86. The molecule has 2 aliphatic rings. The fourth-order valence-corrected chi connectivity index (χ4v) is 3.82. The van der Waals surface area contributed by atoms with Gasteiger partial charge in [0.05, 0.1) is 0 Å². The summed E-state index contributed by atoms with van der Waals surface area (Å²) in [5.74, 6) is 0.181. The Hall–Kier alpha value is -1.01. The summed E-state index contributed by atoms with van der Waals surface area (Å²) in [4.78, 5) is 15.0. The van der Waals surface area contributed by atoms with Gasteiger partial charge in [0, 0.05) is 31.9 Å². The molecule has 5 nitrogen and oxygen atoms in total. The number of carbonyl (C=O) groups excluding carboxylic acids is 1. The molecule has 0 bridgehead atoms. The zero-order valence-corrected chi connectivity index (χ0v) is 17.3. The van der Waals surface area contributed by atoms with Crippen molar-refractivity contribution in [1.29, 1.82) is 0 Å². The quantitative estimate of drug-likeness (QED) is 0.810. The molecular weight excluding hydrogens is 373 g/mol. The molecule has 148 valence electrons. The fourth-order valence-electron chi connectivity index (χ4n) is 3.82. The molecule has 0 radical (unpaired) electrons. The second-order valence-electron chi connectivity index (χ2n) is 7.03. The molecule has 1 aromatic rings. The van der Waals surface area contributed by atoms with Crippen molar-refractivity contribution in [2.75, 3.05) is 38.6 Å². The second kappa shape index (κ2) is 10.4. The Bertz CT molecular complexity index is 572. The first kappa shape index (κ1) is 23.0. The lowest BCUT2D eigenvalue weighted by Crippen LogP contribution is -2.57. The maximum Gasteiger partial charge on any atom is 0.254 e. The van der Waals surface area contributed by atoms with E-state index in [2.05, 4.69) is 41.8 Å². The number of nitrogens with one attached hydrogen (secondary N) is 2. The van der Waals surface area contributed by atoms with Gasteiger partial charge in [-0.1, -0.05) is 12.1 Å². The molecule has 2 aliphatic heterocycles. The van der Waals surface area contributed by atoms with Crippen molar-refractivity contribution in [2.45, 2.75) is 44.2 Å². The first-order chi connectivity index (χ1) is 11.6. The SMILES string of the molecule is COC1(C(=O)N2CCC(Nc3cccc(C)c3)CC2)CCNCC1.Cl.Cl. The van der Waals surface area contributed by atoms with Crippen molar-refractivity contribution >= 4 is 36.4 Å². The van der Waals surface area contributed by atoms with E-state index >= 15 is 0 Å². The van der Waals surface area contributed by atoms with E-state index in [-0.39, 0.29) is 30.7 Å². The highest BCUT2D eigenvalue weighted by Gasteiger charge is 2.43. The summed E-state index contributed by atoms with van der Waals surface area (Å²) >= 11 is 0. The van der Waals surface area contributed by atoms with E-state index in [1.54, 1.807) is 7.11 Å². The number of halogens is 2. The van der Waals surface area contributed by atoms with Crippen LogP contribution in [0.4, 0.5) is 5.69 Å². The van der Waals surface area contributed by atoms with Gasteiger partial charge in [-0.05, 0) is 63.4 Å². The number of benzene rings is 1. The number of hydrogen-bond acceptors (Lipinski definition) is 4. The standard InChI is InChI=1S/C19H29N3O2.2ClH/c1-15-4-3-5-17(14-15)21-16-6-12-22(13-7-16)18(23)19(24-2)8-10-20-11-9-19;;/h3-5,14,16,20-21H,6-13H2,1-2H3;2*1H. The molecule has 1 aromatic carbocycles. The molecule has 0 atom stereocenters. The van der Waals surface area contributed by atoms with E-state index in [0.717, 1.165) is 51.9 Å². The summed E-state index contributed by atoms with van der Waals surface area (Å²) < 4.78 is 5.68. The van der Waals surface area contributed by atoms with Crippen LogP contribution in [-0.4, -0.2) is 55.7 Å². The zero-order chi connectivity index (χ0) is 17.0. The van der Waals surface area contributed by atoms with Crippen LogP contribution in [-0.2, 0) is 9.53 Å². The number of aryl methyl sites for hydroxylation is 1. The van der Waals surface area contributed by atoms with Crippen molar-refractivity contribution in [3.8, 4) is 0 Å². The highest BCUT2D eigenvalue weighted by Crippen LogP contribution is 2.27. The third kappa shape index (κ3) is 5.26. The number of carbonyl (C=O) groups is 1. The number of piperidine rings is 2. The molecule has 2 N–H and O–H groups in total. The number of hydrogen-bond donors (Lipinski definition) is 2. The van der Waals surface area contributed by atoms with Crippen LogP contribution in [0.3, 0.4) is 0 Å². The minimum absolute atomic E-state index is 0. The monoisotopic (exact) mass is 403 g/mol. The first-order valence-corrected chi connectivity index (χ1v) is 9.01. The van der Waals surface area contributed by atoms with Gasteiger partial charge in [0.25, 0.3) is 5.91 Å². The topological polar surface area (TPSA) is 53.6 Å². The van der Waals surface area contributed by atoms with Gasteiger partial charge >= 0.3 is 0 Å². The van der Waals surface area contributed by atoms with Crippen molar-refractivity contribution in [2.24, 2.45) is 0 Å². The average molecular weight is 404 g/mol. The molecule has 2 fully saturated rings. The third-order valence-corrected chi connectivity index (χ3v) is 5.36. The first-order valence-electron chi connectivity index (χ1n) is 9.01. The van der Waals surface area contributed by atoms with E-state index in [1.165, 1.54) is 11.3 Å². The number of rotatable bonds is 4. The Kier molecular flexibility index (Phi) is 9.17. The van der Waals surface area contributed by atoms with Gasteiger partial charge in [0.2, 0.25) is 0 Å². The summed E-state index contributed by atoms with van der Waals surface area (Å²) in [5.41, 5.74) is 1.83. The van der Waals surface area contributed by atoms with E-state index in [0.29, 0.717) is 6.04 Å². The molecule has 0 spiro atoms. The smallest absolute Gasteiger partial charge is 0.254 e. The molecule has 0 aliphatic carbocycles. The van der Waals surface area contributed by atoms with Crippen molar-refractivity contribution < 1.29 is 9.53 Å². The Morgan fingerprint density at radius 3 is 2.46 bits per heavy atom. The Balaban J connectivity index is 0.00000169. The molecule has 0 saturated carbocycles. The average Bonchev–Trinajstić information content (AvgIpc) is 2.62. The van der Waals surface area contributed by atoms with Gasteiger partial charge < -0.3 is 20.3 Å². The largest absolute Gasteiger partial charge is 0.382 e. The molecule has 2 saturated heterocycles. The van der Waals surface area contributed by atoms with Crippen LogP contribution in [0.5, 0.6) is 0 Å². The fraction of sp³-hybridized carbons (Fsp3) is 0.632. The maximum atomic E-state index is 13.0. The molecule has 1 amide bonds. The number of amides is 1. The van der Waals surface area contributed by atoms with E-state index < -0.39 is 5.60 Å². The maximum absolute atomic E-state index is 13.0. The molecular formula is C19H31Cl2N3O2. The number of anilines is 1. The van der Waals surface area contributed by atoms with E-state index in [4.69, 9.17) is 4.74 Å². The van der Waals surface area contributed by atoms with Crippen molar-refractivity contribution in [3.05, 3.63) is 29.8 Å². The second-order valence-corrected chi connectivity index (χ2v) is 7.03. The molecule has 2 heterocycles. The van der Waals surface area contributed by atoms with Crippen molar-refractivity contribution in [3.63, 3.8) is 0 Å². The Labute approximate surface area is 169 Å². The number of likely N-dealkylation sites (tertiary alicyclic amines) is 1. The predicted octanol–water partition coefficient (Wildman–Crippen LogP) is 3.01. The van der Waals surface area contributed by atoms with Crippen LogP contribution in [0.1, 0.15) is 31.2 Å². The number of nitrogens with zero attached hydrogens (tertiary/aromatic N) is 1. The van der Waals surface area contributed by atoms with Gasteiger partial charge in [-0.25, -0.2) is 0 Å². The van der Waals surface area contributed by atoms with Crippen LogP contribution < -0.4 is 10.6 Å².